The Morgan fingerprint density at radius 1 is 1.46 bits per heavy atom. The molecule has 0 aliphatic carbocycles. The van der Waals surface area contributed by atoms with Gasteiger partial charge in [0.1, 0.15) is 9.34 Å². The van der Waals surface area contributed by atoms with E-state index in [1.807, 2.05) is 29.2 Å². The highest BCUT2D eigenvalue weighted by atomic mass is 35.5. The number of hydrogen-bond donors (Lipinski definition) is 1. The largest absolute Gasteiger partial charge is 0.320 e. The highest BCUT2D eigenvalue weighted by molar-refractivity contribution is 7.15. The van der Waals surface area contributed by atoms with Crippen LogP contribution in [-0.4, -0.2) is 9.66 Å². The van der Waals surface area contributed by atoms with Gasteiger partial charge < -0.3 is 5.43 Å². The van der Waals surface area contributed by atoms with Gasteiger partial charge in [0, 0.05) is 12.4 Å². The standard InChI is InChI=1S/C8H8ClN3S/c9-7-5-10-8(13-7)6-11-12-3-1-2-4-12/h1-5,11H,6H2. The Labute approximate surface area is 85.0 Å². The molecule has 68 valence electrons. The molecule has 0 aliphatic heterocycles. The molecule has 2 heterocycles. The van der Waals surface area contributed by atoms with Crippen LogP contribution in [-0.2, 0) is 6.54 Å². The fourth-order valence-electron chi connectivity index (χ4n) is 0.969. The summed E-state index contributed by atoms with van der Waals surface area (Å²) in [6.45, 7) is 0.700. The van der Waals surface area contributed by atoms with Crippen molar-refractivity contribution in [1.29, 1.82) is 0 Å². The number of rotatable bonds is 3. The van der Waals surface area contributed by atoms with Gasteiger partial charge in [0.25, 0.3) is 0 Å². The van der Waals surface area contributed by atoms with Gasteiger partial charge in [-0.2, -0.15) is 0 Å². The van der Waals surface area contributed by atoms with Gasteiger partial charge >= 0.3 is 0 Å². The summed E-state index contributed by atoms with van der Waals surface area (Å²) in [4.78, 5) is 4.13. The maximum Gasteiger partial charge on any atom is 0.115 e. The highest BCUT2D eigenvalue weighted by Gasteiger charge is 1.98. The Morgan fingerprint density at radius 3 is 2.85 bits per heavy atom. The predicted molar refractivity (Wildman–Crippen MR) is 54.6 cm³/mol. The van der Waals surface area contributed by atoms with Crippen LogP contribution >= 0.6 is 22.9 Å². The number of thiazole rings is 1. The Morgan fingerprint density at radius 2 is 2.23 bits per heavy atom. The summed E-state index contributed by atoms with van der Waals surface area (Å²) in [5.74, 6) is 0. The third kappa shape index (κ3) is 2.23. The summed E-state index contributed by atoms with van der Waals surface area (Å²) >= 11 is 7.23. The Bertz CT molecular complexity index is 368. The van der Waals surface area contributed by atoms with Gasteiger partial charge in [-0.25, -0.2) is 4.98 Å². The number of hydrogen-bond acceptors (Lipinski definition) is 3. The number of halogens is 1. The number of nitrogens with one attached hydrogen (secondary N) is 1. The molecule has 0 aromatic carbocycles. The Kier molecular flexibility index (Phi) is 2.52. The quantitative estimate of drug-likeness (QED) is 0.848. The van der Waals surface area contributed by atoms with E-state index in [0.29, 0.717) is 6.54 Å². The Hall–Kier alpha value is -1.000. The molecule has 0 unspecified atom stereocenters. The summed E-state index contributed by atoms with van der Waals surface area (Å²) in [5.41, 5.74) is 3.16. The molecule has 1 N–H and O–H groups in total. The van der Waals surface area contributed by atoms with Crippen molar-refractivity contribution in [1.82, 2.24) is 9.66 Å². The van der Waals surface area contributed by atoms with Crippen molar-refractivity contribution >= 4 is 22.9 Å². The van der Waals surface area contributed by atoms with Gasteiger partial charge in [-0.15, -0.1) is 11.3 Å². The molecule has 5 heteroatoms. The summed E-state index contributed by atoms with van der Waals surface area (Å²) in [6.07, 6.45) is 5.54. The fourth-order valence-corrected chi connectivity index (χ4v) is 1.86. The number of nitrogens with zero attached hydrogens (tertiary/aromatic N) is 2. The van der Waals surface area contributed by atoms with Crippen molar-refractivity contribution < 1.29 is 0 Å². The van der Waals surface area contributed by atoms with Crippen LogP contribution in [0.2, 0.25) is 4.34 Å². The molecule has 2 aromatic rings. The topological polar surface area (TPSA) is 29.9 Å². The molecule has 0 radical (unpaired) electrons. The zero-order chi connectivity index (χ0) is 9.10. The molecule has 13 heavy (non-hydrogen) atoms. The first-order chi connectivity index (χ1) is 6.34. The summed E-state index contributed by atoms with van der Waals surface area (Å²) < 4.78 is 2.61. The van der Waals surface area contributed by atoms with Gasteiger partial charge in [0.2, 0.25) is 0 Å². The van der Waals surface area contributed by atoms with Crippen LogP contribution in [0.4, 0.5) is 0 Å². The molecule has 0 atom stereocenters. The first-order valence-electron chi connectivity index (χ1n) is 3.81. The molecule has 0 bridgehead atoms. The van der Waals surface area contributed by atoms with E-state index in [9.17, 15) is 0 Å². The van der Waals surface area contributed by atoms with Crippen LogP contribution in [0.3, 0.4) is 0 Å². The van der Waals surface area contributed by atoms with E-state index in [4.69, 9.17) is 11.6 Å². The first-order valence-corrected chi connectivity index (χ1v) is 5.01. The lowest BCUT2D eigenvalue weighted by molar-refractivity contribution is 0.842. The second-order valence-electron chi connectivity index (χ2n) is 2.48. The van der Waals surface area contributed by atoms with E-state index in [1.165, 1.54) is 11.3 Å². The number of aromatic nitrogens is 2. The van der Waals surface area contributed by atoms with Crippen LogP contribution < -0.4 is 5.43 Å². The van der Waals surface area contributed by atoms with E-state index in [1.54, 1.807) is 6.20 Å². The van der Waals surface area contributed by atoms with Crippen molar-refractivity contribution in [3.05, 3.63) is 40.1 Å². The lowest BCUT2D eigenvalue weighted by Crippen LogP contribution is -2.11. The van der Waals surface area contributed by atoms with Gasteiger partial charge in [-0.1, -0.05) is 11.6 Å². The maximum atomic E-state index is 5.74. The molecule has 0 saturated heterocycles. The van der Waals surface area contributed by atoms with Crippen molar-refractivity contribution in [2.45, 2.75) is 6.54 Å². The second kappa shape index (κ2) is 3.81. The van der Waals surface area contributed by atoms with E-state index >= 15 is 0 Å². The molecule has 3 nitrogen and oxygen atoms in total. The monoisotopic (exact) mass is 213 g/mol. The molecule has 0 spiro atoms. The molecule has 0 fully saturated rings. The first kappa shape index (κ1) is 8.59. The van der Waals surface area contributed by atoms with Crippen molar-refractivity contribution in [2.24, 2.45) is 0 Å². The SMILES string of the molecule is Clc1cnc(CNn2cccc2)s1. The minimum absolute atomic E-state index is 0.700. The minimum atomic E-state index is 0.700. The maximum absolute atomic E-state index is 5.74. The zero-order valence-electron chi connectivity index (χ0n) is 6.77. The summed E-state index contributed by atoms with van der Waals surface area (Å²) in [6, 6.07) is 3.92. The third-order valence-electron chi connectivity index (χ3n) is 1.54. The average molecular weight is 214 g/mol. The van der Waals surface area contributed by atoms with E-state index in [2.05, 4.69) is 10.4 Å². The van der Waals surface area contributed by atoms with Crippen molar-refractivity contribution in [3.63, 3.8) is 0 Å². The zero-order valence-corrected chi connectivity index (χ0v) is 8.35. The van der Waals surface area contributed by atoms with Gasteiger partial charge in [-0.3, -0.25) is 4.68 Å². The fraction of sp³-hybridized carbons (Fsp3) is 0.125. The van der Waals surface area contributed by atoms with E-state index < -0.39 is 0 Å². The molecule has 0 aliphatic rings. The van der Waals surface area contributed by atoms with Crippen LogP contribution in [0.25, 0.3) is 0 Å². The molecular weight excluding hydrogens is 206 g/mol. The van der Waals surface area contributed by atoms with Gasteiger partial charge in [0.05, 0.1) is 12.7 Å². The molecule has 0 saturated carbocycles. The van der Waals surface area contributed by atoms with Crippen molar-refractivity contribution in [3.8, 4) is 0 Å². The van der Waals surface area contributed by atoms with E-state index in [-0.39, 0.29) is 0 Å². The van der Waals surface area contributed by atoms with Gasteiger partial charge in [0.15, 0.2) is 0 Å². The third-order valence-corrected chi connectivity index (χ3v) is 2.66. The van der Waals surface area contributed by atoms with Gasteiger partial charge in [-0.05, 0) is 12.1 Å². The Balaban J connectivity index is 1.93. The summed E-state index contributed by atoms with van der Waals surface area (Å²) in [7, 11) is 0. The smallest absolute Gasteiger partial charge is 0.115 e. The normalized spacial score (nSPS) is 10.2. The summed E-state index contributed by atoms with van der Waals surface area (Å²) in [5, 5.41) is 0.985. The highest BCUT2D eigenvalue weighted by Crippen LogP contribution is 2.17. The van der Waals surface area contributed by atoms with E-state index in [0.717, 1.165) is 9.34 Å². The molecule has 0 amide bonds. The lowest BCUT2D eigenvalue weighted by Gasteiger charge is -2.03. The minimum Gasteiger partial charge on any atom is -0.320 e. The van der Waals surface area contributed by atoms with Crippen LogP contribution in [0.5, 0.6) is 0 Å². The molecular formula is C8H8ClN3S. The second-order valence-corrected chi connectivity index (χ2v) is 4.23. The van der Waals surface area contributed by atoms with Crippen molar-refractivity contribution in [2.75, 3.05) is 5.43 Å². The molecule has 2 rings (SSSR count). The van der Waals surface area contributed by atoms with Crippen LogP contribution in [0, 0.1) is 0 Å². The molecule has 2 aromatic heterocycles. The predicted octanol–water partition coefficient (Wildman–Crippen LogP) is 2.34. The average Bonchev–Trinajstić information content (AvgIpc) is 2.71. The van der Waals surface area contributed by atoms with Crippen LogP contribution in [0.15, 0.2) is 30.7 Å². The lowest BCUT2D eigenvalue weighted by atomic mass is 10.7. The van der Waals surface area contributed by atoms with Crippen LogP contribution in [0.1, 0.15) is 5.01 Å².